The lowest BCUT2D eigenvalue weighted by Gasteiger charge is -2.33. The van der Waals surface area contributed by atoms with Crippen LogP contribution < -0.4 is 4.90 Å². The molecule has 0 N–H and O–H groups in total. The number of hydrogen-bond acceptors (Lipinski definition) is 4. The van der Waals surface area contributed by atoms with Crippen molar-refractivity contribution in [2.24, 2.45) is 0 Å². The minimum Gasteiger partial charge on any atom is -0.355 e. The van der Waals surface area contributed by atoms with E-state index in [-0.39, 0.29) is 0 Å². The topological polar surface area (TPSA) is 41.9 Å². The molecule has 0 unspecified atom stereocenters. The summed E-state index contributed by atoms with van der Waals surface area (Å²) in [5.41, 5.74) is 1.98. The van der Waals surface area contributed by atoms with E-state index in [1.54, 1.807) is 12.4 Å². The number of fused-ring (bicyclic) bond motifs is 1. The summed E-state index contributed by atoms with van der Waals surface area (Å²) in [5, 5.41) is 1.81. The Labute approximate surface area is 140 Å². The molecule has 23 heavy (non-hydrogen) atoms. The molecule has 0 aromatic carbocycles. The zero-order valence-electron chi connectivity index (χ0n) is 12.7. The van der Waals surface area contributed by atoms with Gasteiger partial charge in [0.05, 0.1) is 5.02 Å². The van der Waals surface area contributed by atoms with Crippen molar-refractivity contribution in [3.63, 3.8) is 0 Å². The number of pyridine rings is 3. The maximum atomic E-state index is 6.25. The molecule has 116 valence electrons. The lowest BCUT2D eigenvalue weighted by molar-refractivity contribution is 0.495. The smallest absolute Gasteiger partial charge is 0.159 e. The van der Waals surface area contributed by atoms with Crippen molar-refractivity contribution in [1.82, 2.24) is 15.0 Å². The van der Waals surface area contributed by atoms with Crippen molar-refractivity contribution >= 4 is 28.5 Å². The summed E-state index contributed by atoms with van der Waals surface area (Å²) >= 11 is 6.25. The van der Waals surface area contributed by atoms with E-state index in [9.17, 15) is 0 Å². The summed E-state index contributed by atoms with van der Waals surface area (Å²) in [6.45, 7) is 1.90. The van der Waals surface area contributed by atoms with Crippen LogP contribution in [0.25, 0.3) is 11.0 Å². The van der Waals surface area contributed by atoms with Crippen LogP contribution in [0.1, 0.15) is 24.5 Å². The fourth-order valence-electron chi connectivity index (χ4n) is 3.19. The molecule has 0 radical (unpaired) electrons. The van der Waals surface area contributed by atoms with Gasteiger partial charge in [-0.3, -0.25) is 0 Å². The fraction of sp³-hybridized carbons (Fsp3) is 0.278. The van der Waals surface area contributed by atoms with Crippen molar-refractivity contribution in [2.75, 3.05) is 18.0 Å². The molecule has 0 saturated carbocycles. The normalized spacial score (nSPS) is 16.0. The maximum absolute atomic E-state index is 6.25. The van der Waals surface area contributed by atoms with Crippen LogP contribution >= 0.6 is 11.6 Å². The third kappa shape index (κ3) is 2.86. The van der Waals surface area contributed by atoms with E-state index >= 15 is 0 Å². The van der Waals surface area contributed by atoms with Crippen molar-refractivity contribution in [2.45, 2.75) is 18.8 Å². The molecule has 1 aliphatic rings. The van der Waals surface area contributed by atoms with Gasteiger partial charge < -0.3 is 4.90 Å². The molecular weight excluding hydrogens is 308 g/mol. The Balaban J connectivity index is 1.51. The lowest BCUT2D eigenvalue weighted by Crippen LogP contribution is -2.33. The van der Waals surface area contributed by atoms with Gasteiger partial charge in [-0.1, -0.05) is 11.6 Å². The Bertz CT molecular complexity index is 828. The first-order valence-electron chi connectivity index (χ1n) is 7.88. The lowest BCUT2D eigenvalue weighted by atomic mass is 9.93. The highest BCUT2D eigenvalue weighted by atomic mass is 35.5. The van der Waals surface area contributed by atoms with Gasteiger partial charge in [0, 0.05) is 42.5 Å². The summed E-state index contributed by atoms with van der Waals surface area (Å²) in [5.74, 6) is 1.36. The quantitative estimate of drug-likeness (QED) is 0.713. The first kappa shape index (κ1) is 14.4. The second kappa shape index (κ2) is 6.13. The average Bonchev–Trinajstić information content (AvgIpc) is 2.62. The monoisotopic (exact) mass is 324 g/mol. The van der Waals surface area contributed by atoms with Gasteiger partial charge >= 0.3 is 0 Å². The first-order valence-corrected chi connectivity index (χ1v) is 8.26. The largest absolute Gasteiger partial charge is 0.355 e. The molecule has 3 aromatic rings. The van der Waals surface area contributed by atoms with Gasteiger partial charge in [-0.15, -0.1) is 0 Å². The van der Waals surface area contributed by atoms with Crippen molar-refractivity contribution < 1.29 is 0 Å². The van der Waals surface area contributed by atoms with Crippen molar-refractivity contribution in [3.8, 4) is 0 Å². The van der Waals surface area contributed by atoms with E-state index in [1.165, 1.54) is 0 Å². The Morgan fingerprint density at radius 3 is 2.57 bits per heavy atom. The van der Waals surface area contributed by atoms with Gasteiger partial charge in [0.1, 0.15) is 5.82 Å². The van der Waals surface area contributed by atoms with Crippen molar-refractivity contribution in [1.29, 1.82) is 0 Å². The van der Waals surface area contributed by atoms with Crippen LogP contribution in [-0.2, 0) is 0 Å². The van der Waals surface area contributed by atoms with Crippen LogP contribution in [0.15, 0.2) is 48.8 Å². The minimum absolute atomic E-state index is 0.472. The van der Waals surface area contributed by atoms with Crippen LogP contribution in [0.5, 0.6) is 0 Å². The number of nitrogens with zero attached hydrogens (tertiary/aromatic N) is 4. The predicted octanol–water partition coefficient (Wildman–Crippen LogP) is 4.06. The number of piperidine rings is 1. The summed E-state index contributed by atoms with van der Waals surface area (Å²) in [6.07, 6.45) is 5.70. The van der Waals surface area contributed by atoms with E-state index in [0.29, 0.717) is 5.92 Å². The molecule has 1 aliphatic heterocycles. The van der Waals surface area contributed by atoms with Crippen LogP contribution in [0.3, 0.4) is 0 Å². The summed E-state index contributed by atoms with van der Waals surface area (Å²) in [7, 11) is 0. The average molecular weight is 325 g/mol. The zero-order valence-corrected chi connectivity index (χ0v) is 13.4. The third-order valence-electron chi connectivity index (χ3n) is 4.44. The molecule has 0 bridgehead atoms. The van der Waals surface area contributed by atoms with Crippen LogP contribution in [0.4, 0.5) is 5.82 Å². The Morgan fingerprint density at radius 1 is 0.957 bits per heavy atom. The van der Waals surface area contributed by atoms with Crippen LogP contribution in [0.2, 0.25) is 5.02 Å². The standard InChI is InChI=1S/C18H17ClN4/c19-15-4-2-10-21-18(15)23-11-7-13(8-12-23)16-6-5-14-3-1-9-20-17(14)22-16/h1-6,9-10,13H,7-8,11-12H2. The van der Waals surface area contributed by atoms with Gasteiger partial charge in [0.15, 0.2) is 5.65 Å². The fourth-order valence-corrected chi connectivity index (χ4v) is 3.43. The van der Waals surface area contributed by atoms with E-state index in [4.69, 9.17) is 16.6 Å². The molecule has 1 fully saturated rings. The molecule has 4 rings (SSSR count). The summed E-state index contributed by atoms with van der Waals surface area (Å²) in [6, 6.07) is 12.0. The van der Waals surface area contributed by atoms with Crippen molar-refractivity contribution in [3.05, 3.63) is 59.5 Å². The summed E-state index contributed by atoms with van der Waals surface area (Å²) in [4.78, 5) is 15.8. The Hall–Kier alpha value is -2.20. The molecule has 0 spiro atoms. The van der Waals surface area contributed by atoms with E-state index < -0.39 is 0 Å². The van der Waals surface area contributed by atoms with Gasteiger partial charge in [-0.2, -0.15) is 0 Å². The molecular formula is C18H17ClN4. The van der Waals surface area contributed by atoms with Gasteiger partial charge in [0.25, 0.3) is 0 Å². The highest BCUT2D eigenvalue weighted by Crippen LogP contribution is 2.31. The number of hydrogen-bond donors (Lipinski definition) is 0. The van der Waals surface area contributed by atoms with Gasteiger partial charge in [-0.25, -0.2) is 15.0 Å². The highest BCUT2D eigenvalue weighted by Gasteiger charge is 2.23. The number of aromatic nitrogens is 3. The predicted molar refractivity (Wildman–Crippen MR) is 93.0 cm³/mol. The second-order valence-corrected chi connectivity index (χ2v) is 6.26. The third-order valence-corrected chi connectivity index (χ3v) is 4.73. The molecule has 0 aliphatic carbocycles. The summed E-state index contributed by atoms with van der Waals surface area (Å²) < 4.78 is 0. The molecule has 5 heteroatoms. The molecule has 1 saturated heterocycles. The minimum atomic E-state index is 0.472. The Morgan fingerprint density at radius 2 is 1.74 bits per heavy atom. The number of halogens is 1. The SMILES string of the molecule is Clc1cccnc1N1CCC(c2ccc3cccnc3n2)CC1. The number of anilines is 1. The zero-order chi connectivity index (χ0) is 15.6. The van der Waals surface area contributed by atoms with E-state index in [2.05, 4.69) is 27.0 Å². The second-order valence-electron chi connectivity index (χ2n) is 5.86. The van der Waals surface area contributed by atoms with Gasteiger partial charge in [-0.05, 0) is 49.2 Å². The molecule has 0 atom stereocenters. The number of rotatable bonds is 2. The highest BCUT2D eigenvalue weighted by molar-refractivity contribution is 6.32. The molecule has 3 aromatic heterocycles. The molecule has 4 nitrogen and oxygen atoms in total. The van der Waals surface area contributed by atoms with E-state index in [1.807, 2.05) is 24.3 Å². The Kier molecular flexibility index (Phi) is 3.83. The molecule has 4 heterocycles. The van der Waals surface area contributed by atoms with E-state index in [0.717, 1.165) is 53.5 Å². The van der Waals surface area contributed by atoms with Crippen LogP contribution in [-0.4, -0.2) is 28.0 Å². The van der Waals surface area contributed by atoms with Crippen LogP contribution in [0, 0.1) is 0 Å². The molecule has 0 amide bonds. The van der Waals surface area contributed by atoms with Gasteiger partial charge in [0.2, 0.25) is 0 Å². The maximum Gasteiger partial charge on any atom is 0.159 e. The first-order chi connectivity index (χ1) is 11.3.